The average molecular weight is 283 g/mol. The Kier molecular flexibility index (Phi) is 4.20. The Morgan fingerprint density at radius 2 is 2.10 bits per heavy atom. The summed E-state index contributed by atoms with van der Waals surface area (Å²) in [6, 6.07) is 3.25. The Balaban J connectivity index is 2.05. The fourth-order valence-electron chi connectivity index (χ4n) is 2.67. The van der Waals surface area contributed by atoms with Crippen molar-refractivity contribution < 1.29 is 18.3 Å². The van der Waals surface area contributed by atoms with Crippen molar-refractivity contribution in [2.75, 3.05) is 19.6 Å². The molecule has 1 aromatic carbocycles. The molecule has 1 heterocycles. The molecule has 1 saturated heterocycles. The lowest BCUT2D eigenvalue weighted by atomic mass is 10.0. The third kappa shape index (κ3) is 3.61. The quantitative estimate of drug-likeness (QED) is 0.799. The standard InChI is InChI=1S/C15H19F2NO2/c1-10-7-18(9-15(2,3)20-10)8-14(19)11-4-5-12(16)13(17)6-11/h4-6,10H,7-9H2,1-3H3. The zero-order valence-electron chi connectivity index (χ0n) is 12.0. The Morgan fingerprint density at radius 1 is 1.40 bits per heavy atom. The Hall–Kier alpha value is -1.33. The summed E-state index contributed by atoms with van der Waals surface area (Å²) >= 11 is 0. The number of morpholine rings is 1. The second kappa shape index (κ2) is 5.58. The van der Waals surface area contributed by atoms with Gasteiger partial charge in [-0.2, -0.15) is 0 Å². The lowest BCUT2D eigenvalue weighted by molar-refractivity contribution is -0.126. The Morgan fingerprint density at radius 3 is 2.70 bits per heavy atom. The molecule has 0 aliphatic carbocycles. The number of benzene rings is 1. The summed E-state index contributed by atoms with van der Waals surface area (Å²) in [6.45, 7) is 7.36. The number of Topliss-reactive ketones (excluding diaryl/α,β-unsaturated/α-hetero) is 1. The second-order valence-corrected chi connectivity index (χ2v) is 5.91. The van der Waals surface area contributed by atoms with Crippen molar-refractivity contribution in [3.8, 4) is 0 Å². The van der Waals surface area contributed by atoms with E-state index in [1.54, 1.807) is 0 Å². The molecule has 1 atom stereocenters. The fraction of sp³-hybridized carbons (Fsp3) is 0.533. The molecule has 110 valence electrons. The highest BCUT2D eigenvalue weighted by atomic mass is 19.2. The van der Waals surface area contributed by atoms with Crippen molar-refractivity contribution in [1.29, 1.82) is 0 Å². The van der Waals surface area contributed by atoms with Crippen LogP contribution in [0.1, 0.15) is 31.1 Å². The van der Waals surface area contributed by atoms with E-state index < -0.39 is 11.6 Å². The molecule has 0 saturated carbocycles. The SMILES string of the molecule is CC1CN(CC(=O)c2ccc(F)c(F)c2)CC(C)(C)O1. The number of hydrogen-bond acceptors (Lipinski definition) is 3. The zero-order valence-corrected chi connectivity index (χ0v) is 12.0. The van der Waals surface area contributed by atoms with Gasteiger partial charge >= 0.3 is 0 Å². The van der Waals surface area contributed by atoms with E-state index in [-0.39, 0.29) is 29.6 Å². The van der Waals surface area contributed by atoms with Crippen LogP contribution in [0, 0.1) is 11.6 Å². The highest BCUT2D eigenvalue weighted by molar-refractivity contribution is 5.97. The molecular formula is C15H19F2NO2. The van der Waals surface area contributed by atoms with E-state index in [2.05, 4.69) is 0 Å². The molecule has 0 aromatic heterocycles. The monoisotopic (exact) mass is 283 g/mol. The minimum absolute atomic E-state index is 0.0384. The van der Waals surface area contributed by atoms with Gasteiger partial charge in [-0.25, -0.2) is 8.78 Å². The molecule has 3 nitrogen and oxygen atoms in total. The molecular weight excluding hydrogens is 264 g/mol. The number of halogens is 2. The highest BCUT2D eigenvalue weighted by Crippen LogP contribution is 2.21. The maximum atomic E-state index is 13.1. The van der Waals surface area contributed by atoms with E-state index in [9.17, 15) is 13.6 Å². The predicted molar refractivity (Wildman–Crippen MR) is 71.8 cm³/mol. The molecule has 2 rings (SSSR count). The van der Waals surface area contributed by atoms with Crippen molar-refractivity contribution in [2.45, 2.75) is 32.5 Å². The number of rotatable bonds is 3. The minimum Gasteiger partial charge on any atom is -0.370 e. The van der Waals surface area contributed by atoms with Crippen molar-refractivity contribution in [1.82, 2.24) is 4.90 Å². The van der Waals surface area contributed by atoms with Crippen LogP contribution in [0.25, 0.3) is 0 Å². The number of ether oxygens (including phenoxy) is 1. The summed E-state index contributed by atoms with van der Waals surface area (Å²) in [4.78, 5) is 14.1. The predicted octanol–water partition coefficient (Wildman–Crippen LogP) is 2.65. The van der Waals surface area contributed by atoms with E-state index >= 15 is 0 Å². The van der Waals surface area contributed by atoms with Gasteiger partial charge in [0.15, 0.2) is 17.4 Å². The summed E-state index contributed by atoms with van der Waals surface area (Å²) in [5.74, 6) is -2.15. The van der Waals surface area contributed by atoms with Crippen LogP contribution in [0.4, 0.5) is 8.78 Å². The van der Waals surface area contributed by atoms with E-state index in [1.807, 2.05) is 25.7 Å². The molecule has 5 heteroatoms. The molecule has 0 amide bonds. The van der Waals surface area contributed by atoms with Crippen LogP contribution < -0.4 is 0 Å². The van der Waals surface area contributed by atoms with Gasteiger partial charge in [0.2, 0.25) is 0 Å². The smallest absolute Gasteiger partial charge is 0.176 e. The molecule has 1 aromatic rings. The molecule has 0 bridgehead atoms. The second-order valence-electron chi connectivity index (χ2n) is 5.91. The maximum Gasteiger partial charge on any atom is 0.176 e. The topological polar surface area (TPSA) is 29.5 Å². The lowest BCUT2D eigenvalue weighted by Gasteiger charge is -2.41. The maximum absolute atomic E-state index is 13.1. The molecule has 1 aliphatic rings. The highest BCUT2D eigenvalue weighted by Gasteiger charge is 2.32. The summed E-state index contributed by atoms with van der Waals surface area (Å²) < 4.78 is 31.8. The number of carbonyl (C=O) groups excluding carboxylic acids is 1. The van der Waals surface area contributed by atoms with Crippen LogP contribution >= 0.6 is 0 Å². The van der Waals surface area contributed by atoms with Crippen molar-refractivity contribution in [3.63, 3.8) is 0 Å². The first kappa shape index (κ1) is 15.1. The molecule has 1 unspecified atom stereocenters. The summed E-state index contributed by atoms with van der Waals surface area (Å²) in [6.07, 6.45) is 0.0384. The molecule has 0 spiro atoms. The van der Waals surface area contributed by atoms with Crippen molar-refractivity contribution in [2.24, 2.45) is 0 Å². The zero-order chi connectivity index (χ0) is 14.9. The largest absolute Gasteiger partial charge is 0.370 e. The first-order valence-electron chi connectivity index (χ1n) is 6.65. The van der Waals surface area contributed by atoms with Gasteiger partial charge < -0.3 is 4.74 Å². The van der Waals surface area contributed by atoms with Crippen LogP contribution in [-0.4, -0.2) is 42.0 Å². The molecule has 0 radical (unpaired) electrons. The first-order chi connectivity index (χ1) is 9.27. The van der Waals surface area contributed by atoms with Crippen LogP contribution in [0.3, 0.4) is 0 Å². The van der Waals surface area contributed by atoms with Crippen molar-refractivity contribution in [3.05, 3.63) is 35.4 Å². The number of carbonyl (C=O) groups is 1. The fourth-order valence-corrected chi connectivity index (χ4v) is 2.67. The van der Waals surface area contributed by atoms with E-state index in [1.165, 1.54) is 6.07 Å². The number of nitrogens with zero attached hydrogens (tertiary/aromatic N) is 1. The van der Waals surface area contributed by atoms with Gasteiger partial charge in [0.1, 0.15) is 0 Å². The van der Waals surface area contributed by atoms with Gasteiger partial charge in [-0.15, -0.1) is 0 Å². The summed E-state index contributed by atoms with van der Waals surface area (Å²) in [5, 5.41) is 0. The van der Waals surface area contributed by atoms with Gasteiger partial charge in [-0.1, -0.05) is 0 Å². The van der Waals surface area contributed by atoms with Crippen LogP contribution in [-0.2, 0) is 4.74 Å². The van der Waals surface area contributed by atoms with Gasteiger partial charge in [0.05, 0.1) is 18.2 Å². The van der Waals surface area contributed by atoms with Gasteiger partial charge in [0, 0.05) is 18.7 Å². The average Bonchev–Trinajstić information content (AvgIpc) is 2.29. The van der Waals surface area contributed by atoms with E-state index in [4.69, 9.17) is 4.74 Å². The molecule has 0 N–H and O–H groups in total. The Bertz CT molecular complexity index is 517. The van der Waals surface area contributed by atoms with Gasteiger partial charge in [-0.05, 0) is 39.0 Å². The molecule has 1 fully saturated rings. The van der Waals surface area contributed by atoms with Crippen LogP contribution in [0.15, 0.2) is 18.2 Å². The lowest BCUT2D eigenvalue weighted by Crippen LogP contribution is -2.53. The van der Waals surface area contributed by atoms with Gasteiger partial charge in [0.25, 0.3) is 0 Å². The normalized spacial score (nSPS) is 22.8. The molecule has 20 heavy (non-hydrogen) atoms. The third-order valence-electron chi connectivity index (χ3n) is 3.25. The minimum atomic E-state index is -0.994. The van der Waals surface area contributed by atoms with Crippen LogP contribution in [0.5, 0.6) is 0 Å². The summed E-state index contributed by atoms with van der Waals surface area (Å²) in [5.41, 5.74) is -0.118. The van der Waals surface area contributed by atoms with Gasteiger partial charge in [-0.3, -0.25) is 9.69 Å². The summed E-state index contributed by atoms with van der Waals surface area (Å²) in [7, 11) is 0. The van der Waals surface area contributed by atoms with E-state index in [0.717, 1.165) is 12.1 Å². The first-order valence-corrected chi connectivity index (χ1v) is 6.65. The molecule has 1 aliphatic heterocycles. The number of hydrogen-bond donors (Lipinski definition) is 0. The third-order valence-corrected chi connectivity index (χ3v) is 3.25. The van der Waals surface area contributed by atoms with Crippen molar-refractivity contribution >= 4 is 5.78 Å². The van der Waals surface area contributed by atoms with E-state index in [0.29, 0.717) is 13.1 Å². The number of ketones is 1. The van der Waals surface area contributed by atoms with Crippen LogP contribution in [0.2, 0.25) is 0 Å². The Labute approximate surface area is 117 Å².